The molecule has 1 aliphatic rings. The topological polar surface area (TPSA) is 67.4 Å². The molecule has 0 spiro atoms. The van der Waals surface area contributed by atoms with Crippen molar-refractivity contribution in [3.63, 3.8) is 0 Å². The van der Waals surface area contributed by atoms with Gasteiger partial charge in [0.25, 0.3) is 0 Å². The second-order valence-electron chi connectivity index (χ2n) is 6.73. The van der Waals surface area contributed by atoms with Crippen molar-refractivity contribution in [3.05, 3.63) is 54.3 Å². The highest BCUT2D eigenvalue weighted by atomic mass is 19.1. The van der Waals surface area contributed by atoms with Crippen molar-refractivity contribution in [1.82, 2.24) is 0 Å². The molecule has 0 saturated heterocycles. The first-order chi connectivity index (χ1) is 13.1. The first-order valence-electron chi connectivity index (χ1n) is 9.07. The maximum Gasteiger partial charge on any atom is 0.227 e. The van der Waals surface area contributed by atoms with Gasteiger partial charge in [0, 0.05) is 17.5 Å². The highest BCUT2D eigenvalue weighted by molar-refractivity contribution is 5.95. The van der Waals surface area contributed by atoms with Crippen LogP contribution < -0.4 is 15.4 Å². The minimum absolute atomic E-state index is 0.0445. The Morgan fingerprint density at radius 3 is 2.04 bits per heavy atom. The van der Waals surface area contributed by atoms with E-state index in [1.165, 1.54) is 12.1 Å². The van der Waals surface area contributed by atoms with E-state index in [1.807, 2.05) is 12.1 Å². The second-order valence-corrected chi connectivity index (χ2v) is 6.73. The first-order valence-corrected chi connectivity index (χ1v) is 9.07. The third-order valence-electron chi connectivity index (χ3n) is 4.95. The fraction of sp³-hybridized carbons (Fsp3) is 0.333. The van der Waals surface area contributed by atoms with Crippen LogP contribution in [0, 0.1) is 17.7 Å². The van der Waals surface area contributed by atoms with Gasteiger partial charge in [-0.25, -0.2) is 4.39 Å². The number of carbonyl (C=O) groups excluding carboxylic acids is 2. The summed E-state index contributed by atoms with van der Waals surface area (Å²) in [6, 6.07) is 13.0. The molecule has 0 aliphatic heterocycles. The zero-order valence-corrected chi connectivity index (χ0v) is 15.2. The molecular formula is C21H23FN2O3. The highest BCUT2D eigenvalue weighted by Gasteiger charge is 2.30. The summed E-state index contributed by atoms with van der Waals surface area (Å²) in [5, 5.41) is 5.74. The van der Waals surface area contributed by atoms with Gasteiger partial charge >= 0.3 is 0 Å². The van der Waals surface area contributed by atoms with Crippen LogP contribution in [0.4, 0.5) is 15.8 Å². The average Bonchev–Trinajstić information content (AvgIpc) is 2.70. The number of amides is 2. The fourth-order valence-corrected chi connectivity index (χ4v) is 3.38. The molecule has 3 rings (SSSR count). The Bertz CT molecular complexity index is 799. The van der Waals surface area contributed by atoms with E-state index >= 15 is 0 Å². The fourth-order valence-electron chi connectivity index (χ4n) is 3.38. The Labute approximate surface area is 157 Å². The van der Waals surface area contributed by atoms with Crippen LogP contribution in [0.5, 0.6) is 5.75 Å². The minimum Gasteiger partial charge on any atom is -0.495 e. The van der Waals surface area contributed by atoms with Gasteiger partial charge in [0.05, 0.1) is 12.8 Å². The summed E-state index contributed by atoms with van der Waals surface area (Å²) in [5.74, 6) is -0.0926. The van der Waals surface area contributed by atoms with Crippen molar-refractivity contribution >= 4 is 23.2 Å². The number of rotatable bonds is 5. The minimum atomic E-state index is -0.338. The standard InChI is InChI=1S/C21H23FN2O3/c1-27-19-5-3-2-4-18(19)24-21(26)15-8-6-14(7-9-15)20(25)23-17-12-10-16(22)11-13-17/h2-5,10-15H,6-9H2,1H3,(H,23,25)(H,24,26). The molecule has 5 nitrogen and oxygen atoms in total. The summed E-state index contributed by atoms with van der Waals surface area (Å²) in [7, 11) is 1.57. The second kappa shape index (κ2) is 8.66. The molecule has 0 atom stereocenters. The van der Waals surface area contributed by atoms with Gasteiger partial charge in [-0.3, -0.25) is 9.59 Å². The summed E-state index contributed by atoms with van der Waals surface area (Å²) in [4.78, 5) is 24.9. The van der Waals surface area contributed by atoms with Gasteiger partial charge in [-0.2, -0.15) is 0 Å². The van der Waals surface area contributed by atoms with Crippen LogP contribution in [0.2, 0.25) is 0 Å². The van der Waals surface area contributed by atoms with Gasteiger partial charge < -0.3 is 15.4 Å². The molecule has 142 valence electrons. The van der Waals surface area contributed by atoms with Crippen molar-refractivity contribution in [2.45, 2.75) is 25.7 Å². The number of methoxy groups -OCH3 is 1. The summed E-state index contributed by atoms with van der Waals surface area (Å²) in [6.45, 7) is 0. The molecule has 1 aliphatic carbocycles. The molecule has 0 heterocycles. The molecule has 0 radical (unpaired) electrons. The lowest BCUT2D eigenvalue weighted by Crippen LogP contribution is -2.32. The third kappa shape index (κ3) is 4.84. The van der Waals surface area contributed by atoms with Crippen LogP contribution >= 0.6 is 0 Å². The van der Waals surface area contributed by atoms with Crippen molar-refractivity contribution in [2.24, 2.45) is 11.8 Å². The van der Waals surface area contributed by atoms with Crippen LogP contribution in [-0.4, -0.2) is 18.9 Å². The smallest absolute Gasteiger partial charge is 0.227 e. The molecule has 0 unspecified atom stereocenters. The van der Waals surface area contributed by atoms with Gasteiger partial charge in [-0.1, -0.05) is 12.1 Å². The van der Waals surface area contributed by atoms with E-state index in [0.29, 0.717) is 42.8 Å². The summed E-state index contributed by atoms with van der Waals surface area (Å²) < 4.78 is 18.2. The van der Waals surface area contributed by atoms with Crippen LogP contribution in [-0.2, 0) is 9.59 Å². The molecule has 0 bridgehead atoms. The van der Waals surface area contributed by atoms with Crippen molar-refractivity contribution in [2.75, 3.05) is 17.7 Å². The van der Waals surface area contributed by atoms with E-state index in [2.05, 4.69) is 10.6 Å². The lowest BCUT2D eigenvalue weighted by molar-refractivity contribution is -0.125. The van der Waals surface area contributed by atoms with E-state index in [-0.39, 0.29) is 29.5 Å². The van der Waals surface area contributed by atoms with Crippen LogP contribution in [0.1, 0.15) is 25.7 Å². The summed E-state index contributed by atoms with van der Waals surface area (Å²) >= 11 is 0. The predicted molar refractivity (Wildman–Crippen MR) is 102 cm³/mol. The maximum absolute atomic E-state index is 12.9. The van der Waals surface area contributed by atoms with Crippen molar-refractivity contribution < 1.29 is 18.7 Å². The monoisotopic (exact) mass is 370 g/mol. The highest BCUT2D eigenvalue weighted by Crippen LogP contribution is 2.32. The Hall–Kier alpha value is -2.89. The number of hydrogen-bond acceptors (Lipinski definition) is 3. The summed E-state index contributed by atoms with van der Waals surface area (Å²) in [6.07, 6.45) is 2.61. The number of nitrogens with one attached hydrogen (secondary N) is 2. The lowest BCUT2D eigenvalue weighted by Gasteiger charge is -2.27. The quantitative estimate of drug-likeness (QED) is 0.828. The number of anilines is 2. The molecular weight excluding hydrogens is 347 g/mol. The molecule has 6 heteroatoms. The average molecular weight is 370 g/mol. The molecule has 2 N–H and O–H groups in total. The van der Waals surface area contributed by atoms with E-state index in [1.54, 1.807) is 31.4 Å². The van der Waals surface area contributed by atoms with E-state index in [4.69, 9.17) is 4.74 Å². The number of halogens is 1. The van der Waals surface area contributed by atoms with Gasteiger partial charge in [0.15, 0.2) is 0 Å². The van der Waals surface area contributed by atoms with E-state index in [0.717, 1.165) is 0 Å². The number of carbonyl (C=O) groups is 2. The van der Waals surface area contributed by atoms with Crippen LogP contribution in [0.15, 0.2) is 48.5 Å². The predicted octanol–water partition coefficient (Wildman–Crippen LogP) is 4.22. The Balaban J connectivity index is 1.51. The lowest BCUT2D eigenvalue weighted by atomic mass is 9.81. The Kier molecular flexibility index (Phi) is 6.06. The molecule has 2 aromatic carbocycles. The number of para-hydroxylation sites is 2. The zero-order valence-electron chi connectivity index (χ0n) is 15.2. The van der Waals surface area contributed by atoms with Crippen molar-refractivity contribution in [1.29, 1.82) is 0 Å². The van der Waals surface area contributed by atoms with Crippen molar-refractivity contribution in [3.8, 4) is 5.75 Å². The van der Waals surface area contributed by atoms with Crippen LogP contribution in [0.25, 0.3) is 0 Å². The largest absolute Gasteiger partial charge is 0.495 e. The number of benzene rings is 2. The number of ether oxygens (including phenoxy) is 1. The maximum atomic E-state index is 12.9. The first kappa shape index (κ1) is 18.9. The van der Waals surface area contributed by atoms with Gasteiger partial charge in [0.1, 0.15) is 11.6 Å². The molecule has 1 saturated carbocycles. The molecule has 27 heavy (non-hydrogen) atoms. The molecule has 2 aromatic rings. The van der Waals surface area contributed by atoms with Crippen LogP contribution in [0.3, 0.4) is 0 Å². The molecule has 0 aromatic heterocycles. The SMILES string of the molecule is COc1ccccc1NC(=O)C1CCC(C(=O)Nc2ccc(F)cc2)CC1. The van der Waals surface area contributed by atoms with Gasteiger partial charge in [0.2, 0.25) is 11.8 Å². The molecule has 2 amide bonds. The summed E-state index contributed by atoms with van der Waals surface area (Å²) in [5.41, 5.74) is 1.23. The Morgan fingerprint density at radius 1 is 0.889 bits per heavy atom. The van der Waals surface area contributed by atoms with E-state index in [9.17, 15) is 14.0 Å². The number of hydrogen-bond donors (Lipinski definition) is 2. The van der Waals surface area contributed by atoms with Gasteiger partial charge in [-0.15, -0.1) is 0 Å². The van der Waals surface area contributed by atoms with Gasteiger partial charge in [-0.05, 0) is 62.1 Å². The normalized spacial score (nSPS) is 19.2. The third-order valence-corrected chi connectivity index (χ3v) is 4.95. The zero-order chi connectivity index (χ0) is 19.2. The Morgan fingerprint density at radius 2 is 1.44 bits per heavy atom. The molecule has 1 fully saturated rings. The van der Waals surface area contributed by atoms with E-state index < -0.39 is 0 Å².